The Labute approximate surface area is 209 Å². The maximum Gasteiger partial charge on any atom is 0.405 e. The summed E-state index contributed by atoms with van der Waals surface area (Å²) in [7, 11) is 0. The predicted octanol–water partition coefficient (Wildman–Crippen LogP) is 5.66. The van der Waals surface area contributed by atoms with Gasteiger partial charge in [-0.15, -0.1) is 11.3 Å². The molecule has 4 rings (SSSR count). The van der Waals surface area contributed by atoms with E-state index in [2.05, 4.69) is 15.3 Å². The number of halogens is 5. The van der Waals surface area contributed by atoms with Gasteiger partial charge in [-0.1, -0.05) is 13.8 Å². The van der Waals surface area contributed by atoms with Crippen molar-refractivity contribution in [3.05, 3.63) is 28.5 Å². The van der Waals surface area contributed by atoms with Crippen LogP contribution >= 0.6 is 11.3 Å². The van der Waals surface area contributed by atoms with Crippen molar-refractivity contribution in [2.45, 2.75) is 71.1 Å². The molecule has 0 spiro atoms. The van der Waals surface area contributed by atoms with E-state index in [1.54, 1.807) is 4.90 Å². The maximum atomic E-state index is 13.9. The van der Waals surface area contributed by atoms with Crippen LogP contribution in [0.3, 0.4) is 0 Å². The van der Waals surface area contributed by atoms with Gasteiger partial charge < -0.3 is 15.5 Å². The topological polar surface area (TPSA) is 87.2 Å². The van der Waals surface area contributed by atoms with Crippen LogP contribution in [0.25, 0.3) is 10.4 Å². The molecule has 2 aromatic heterocycles. The fourth-order valence-corrected chi connectivity index (χ4v) is 4.71. The number of hydrogen-bond donors (Lipinski definition) is 2. The average Bonchev–Trinajstić information content (AvgIpc) is 3.36. The number of anilines is 1. The SMILES string of the molecule is CC.CC1CCCN1C(=O)c1nc(C(=O)NC2CC2)sc1-c1cnc(NCC(F)(F)F)cc1C(F)F. The molecule has 3 heterocycles. The predicted molar refractivity (Wildman–Crippen MR) is 126 cm³/mol. The van der Waals surface area contributed by atoms with Crippen molar-refractivity contribution < 1.29 is 31.5 Å². The molecule has 2 fully saturated rings. The average molecular weight is 534 g/mol. The van der Waals surface area contributed by atoms with E-state index in [0.717, 1.165) is 49.3 Å². The molecule has 0 bridgehead atoms. The quantitative estimate of drug-likeness (QED) is 0.449. The first-order valence-electron chi connectivity index (χ1n) is 11.7. The molecule has 1 aliphatic heterocycles. The molecule has 2 N–H and O–H groups in total. The Hall–Kier alpha value is -2.83. The Bertz CT molecular complexity index is 1090. The van der Waals surface area contributed by atoms with E-state index >= 15 is 0 Å². The van der Waals surface area contributed by atoms with Crippen molar-refractivity contribution >= 4 is 29.0 Å². The van der Waals surface area contributed by atoms with Crippen molar-refractivity contribution in [2.24, 2.45) is 0 Å². The van der Waals surface area contributed by atoms with Crippen molar-refractivity contribution in [3.63, 3.8) is 0 Å². The van der Waals surface area contributed by atoms with Gasteiger partial charge in [0.1, 0.15) is 18.1 Å². The summed E-state index contributed by atoms with van der Waals surface area (Å²) in [6.45, 7) is 4.90. The third-order valence-corrected chi connectivity index (χ3v) is 6.72. The number of likely N-dealkylation sites (tertiary alicyclic amines) is 1. The summed E-state index contributed by atoms with van der Waals surface area (Å²) in [6, 6.07) is 0.768. The second-order valence-electron chi connectivity index (χ2n) is 8.36. The maximum absolute atomic E-state index is 13.9. The number of nitrogens with zero attached hydrogens (tertiary/aromatic N) is 3. The summed E-state index contributed by atoms with van der Waals surface area (Å²) in [5.41, 5.74) is -0.897. The fourth-order valence-electron chi connectivity index (χ4n) is 3.72. The normalized spacial score (nSPS) is 17.6. The van der Waals surface area contributed by atoms with Crippen LogP contribution in [-0.4, -0.2) is 58.0 Å². The van der Waals surface area contributed by atoms with Gasteiger partial charge in [0.05, 0.1) is 4.88 Å². The van der Waals surface area contributed by atoms with Crippen molar-refractivity contribution in [2.75, 3.05) is 18.4 Å². The second-order valence-corrected chi connectivity index (χ2v) is 9.36. The van der Waals surface area contributed by atoms with E-state index in [4.69, 9.17) is 0 Å². The van der Waals surface area contributed by atoms with Gasteiger partial charge in [0.15, 0.2) is 5.01 Å². The van der Waals surface area contributed by atoms with Gasteiger partial charge in [-0.3, -0.25) is 9.59 Å². The molecule has 1 unspecified atom stereocenters. The third-order valence-electron chi connectivity index (χ3n) is 5.64. The number of carbonyl (C=O) groups excluding carboxylic acids is 2. The number of rotatable bonds is 7. The molecular weight excluding hydrogens is 505 g/mol. The number of thiazole rings is 1. The molecule has 0 aromatic carbocycles. The van der Waals surface area contributed by atoms with Gasteiger partial charge in [0, 0.05) is 36.0 Å². The first kappa shape index (κ1) is 27.8. The molecule has 1 aliphatic carbocycles. The van der Waals surface area contributed by atoms with Gasteiger partial charge >= 0.3 is 6.18 Å². The van der Waals surface area contributed by atoms with E-state index in [9.17, 15) is 31.5 Å². The lowest BCUT2D eigenvalue weighted by Gasteiger charge is -2.21. The molecular formula is C23H28F5N5O2S. The molecule has 1 saturated carbocycles. The van der Waals surface area contributed by atoms with E-state index in [-0.39, 0.29) is 39.0 Å². The highest BCUT2D eigenvalue weighted by Gasteiger charge is 2.34. The number of carbonyl (C=O) groups is 2. The highest BCUT2D eigenvalue weighted by atomic mass is 32.1. The highest BCUT2D eigenvalue weighted by Crippen LogP contribution is 2.39. The number of alkyl halides is 5. The van der Waals surface area contributed by atoms with Gasteiger partial charge in [0.2, 0.25) is 0 Å². The smallest absolute Gasteiger partial charge is 0.361 e. The van der Waals surface area contributed by atoms with Crippen LogP contribution in [0.2, 0.25) is 0 Å². The van der Waals surface area contributed by atoms with Crippen LogP contribution in [0.5, 0.6) is 0 Å². The molecule has 2 aromatic rings. The van der Waals surface area contributed by atoms with E-state index in [1.165, 1.54) is 0 Å². The zero-order chi connectivity index (χ0) is 26.6. The van der Waals surface area contributed by atoms with Gasteiger partial charge in [-0.05, 0) is 38.7 Å². The molecule has 1 atom stereocenters. The third kappa shape index (κ3) is 6.68. The number of nitrogens with one attached hydrogen (secondary N) is 2. The minimum atomic E-state index is -4.56. The Kier molecular flexibility index (Phi) is 8.85. The first-order valence-corrected chi connectivity index (χ1v) is 12.6. The van der Waals surface area contributed by atoms with E-state index in [1.807, 2.05) is 26.1 Å². The van der Waals surface area contributed by atoms with E-state index < -0.39 is 36.5 Å². The zero-order valence-electron chi connectivity index (χ0n) is 20.1. The van der Waals surface area contributed by atoms with Crippen LogP contribution in [0.4, 0.5) is 27.8 Å². The summed E-state index contributed by atoms with van der Waals surface area (Å²) in [5, 5.41) is 4.69. The van der Waals surface area contributed by atoms with Crippen LogP contribution in [-0.2, 0) is 0 Å². The minimum absolute atomic E-state index is 0.0230. The molecule has 0 radical (unpaired) electrons. The summed E-state index contributed by atoms with van der Waals surface area (Å²) in [6.07, 6.45) is -3.42. The summed E-state index contributed by atoms with van der Waals surface area (Å²) < 4.78 is 65.4. The van der Waals surface area contributed by atoms with Gasteiger partial charge in [-0.2, -0.15) is 13.2 Å². The number of aromatic nitrogens is 2. The summed E-state index contributed by atoms with van der Waals surface area (Å²) in [5.74, 6) is -1.37. The Balaban J connectivity index is 0.00000176. The Morgan fingerprint density at radius 2 is 1.92 bits per heavy atom. The molecule has 7 nitrogen and oxygen atoms in total. The molecule has 198 valence electrons. The zero-order valence-corrected chi connectivity index (χ0v) is 20.9. The number of pyridine rings is 1. The molecule has 1 saturated heterocycles. The van der Waals surface area contributed by atoms with Crippen LogP contribution in [0.1, 0.15) is 78.7 Å². The Morgan fingerprint density at radius 1 is 1.22 bits per heavy atom. The Morgan fingerprint density at radius 3 is 2.47 bits per heavy atom. The van der Waals surface area contributed by atoms with Crippen LogP contribution in [0, 0.1) is 0 Å². The standard InChI is InChI=1S/C21H22F5N5O2S.C2H6/c1-10-3-2-6-31(10)20(33)15-16(34-19(30-15)18(32)29-11-4-5-11)13-8-27-14(7-12(13)17(22)23)28-9-21(24,25)26;1-2/h7-8,10-11,17H,2-6,9H2,1H3,(H,27,28)(H,29,32);1-2H3. The van der Waals surface area contributed by atoms with Crippen LogP contribution < -0.4 is 10.6 Å². The number of hydrogen-bond acceptors (Lipinski definition) is 6. The first-order chi connectivity index (χ1) is 17.0. The van der Waals surface area contributed by atoms with Crippen LogP contribution in [0.15, 0.2) is 12.3 Å². The van der Waals surface area contributed by atoms with Crippen molar-refractivity contribution in [3.8, 4) is 10.4 Å². The monoisotopic (exact) mass is 533 g/mol. The number of amides is 2. The molecule has 36 heavy (non-hydrogen) atoms. The fraction of sp³-hybridized carbons (Fsp3) is 0.565. The second kappa shape index (κ2) is 11.5. The van der Waals surface area contributed by atoms with Crippen molar-refractivity contribution in [1.29, 1.82) is 0 Å². The van der Waals surface area contributed by atoms with Gasteiger partial charge in [0.25, 0.3) is 18.2 Å². The lowest BCUT2D eigenvalue weighted by Crippen LogP contribution is -2.34. The lowest BCUT2D eigenvalue weighted by atomic mass is 10.1. The molecule has 2 aliphatic rings. The van der Waals surface area contributed by atoms with Crippen molar-refractivity contribution in [1.82, 2.24) is 20.2 Å². The highest BCUT2D eigenvalue weighted by molar-refractivity contribution is 7.17. The summed E-state index contributed by atoms with van der Waals surface area (Å²) in [4.78, 5) is 35.5. The lowest BCUT2D eigenvalue weighted by molar-refractivity contribution is -0.115. The largest absolute Gasteiger partial charge is 0.405 e. The van der Waals surface area contributed by atoms with Gasteiger partial charge in [-0.25, -0.2) is 18.7 Å². The summed E-state index contributed by atoms with van der Waals surface area (Å²) >= 11 is 0.789. The molecule has 2 amide bonds. The van der Waals surface area contributed by atoms with E-state index in [0.29, 0.717) is 6.54 Å². The minimum Gasteiger partial charge on any atom is -0.361 e. The molecule has 13 heteroatoms.